The molecule has 1 saturated heterocycles. The van der Waals surface area contributed by atoms with Gasteiger partial charge in [-0.2, -0.15) is 0 Å². The summed E-state index contributed by atoms with van der Waals surface area (Å²) in [6, 6.07) is 14.9. The first-order chi connectivity index (χ1) is 14.2. The number of benzene rings is 2. The zero-order valence-corrected chi connectivity index (χ0v) is 17.5. The highest BCUT2D eigenvalue weighted by atomic mass is 19.3. The molecule has 0 bridgehead atoms. The predicted octanol–water partition coefficient (Wildman–Crippen LogP) is 4.58. The molecule has 5 nitrogen and oxygen atoms in total. The van der Waals surface area contributed by atoms with Gasteiger partial charge in [0, 0.05) is 32.5 Å². The second kappa shape index (κ2) is 9.32. The molecule has 2 aromatic rings. The molecule has 2 atom stereocenters. The van der Waals surface area contributed by atoms with Gasteiger partial charge in [-0.3, -0.25) is 4.79 Å². The molecular formula is C23H28F2N2O3. The van der Waals surface area contributed by atoms with E-state index in [1.807, 2.05) is 43.3 Å². The molecule has 0 aromatic heterocycles. The van der Waals surface area contributed by atoms with Gasteiger partial charge in [0.1, 0.15) is 17.6 Å². The third-order valence-electron chi connectivity index (χ3n) is 4.94. The Kier molecular flexibility index (Phi) is 6.80. The van der Waals surface area contributed by atoms with Gasteiger partial charge in [-0.1, -0.05) is 12.1 Å². The van der Waals surface area contributed by atoms with Crippen molar-refractivity contribution in [2.24, 2.45) is 0 Å². The highest BCUT2D eigenvalue weighted by Crippen LogP contribution is 2.27. The number of carbonyl (C=O) groups excluding carboxylic acids is 1. The molecule has 1 fully saturated rings. The Morgan fingerprint density at radius 1 is 1.17 bits per heavy atom. The summed E-state index contributed by atoms with van der Waals surface area (Å²) in [5.74, 6) is -1.68. The Labute approximate surface area is 176 Å². The van der Waals surface area contributed by atoms with Gasteiger partial charge in [-0.25, -0.2) is 8.78 Å². The van der Waals surface area contributed by atoms with Gasteiger partial charge in [0.05, 0.1) is 12.6 Å². The Morgan fingerprint density at radius 3 is 2.40 bits per heavy atom. The van der Waals surface area contributed by atoms with Gasteiger partial charge < -0.3 is 19.7 Å². The number of ether oxygens (including phenoxy) is 2. The lowest BCUT2D eigenvalue weighted by atomic mass is 10.1. The van der Waals surface area contributed by atoms with Crippen molar-refractivity contribution in [1.82, 2.24) is 5.32 Å². The molecule has 1 aliphatic rings. The zero-order valence-electron chi connectivity index (χ0n) is 17.5. The number of alkyl halides is 2. The van der Waals surface area contributed by atoms with Crippen LogP contribution in [0.5, 0.6) is 11.5 Å². The number of nitrogens with one attached hydrogen (secondary N) is 1. The number of nitrogens with zero attached hydrogens (tertiary/aromatic N) is 1. The molecule has 1 unspecified atom stereocenters. The normalized spacial score (nSPS) is 17.5. The highest BCUT2D eigenvalue weighted by Gasteiger charge is 2.25. The van der Waals surface area contributed by atoms with Gasteiger partial charge >= 0.3 is 0 Å². The minimum absolute atomic E-state index is 0.0472. The molecule has 0 saturated carbocycles. The van der Waals surface area contributed by atoms with Crippen LogP contribution in [0.3, 0.4) is 0 Å². The Bertz CT molecular complexity index is 835. The molecule has 7 heteroatoms. The Balaban J connectivity index is 1.51. The van der Waals surface area contributed by atoms with E-state index >= 15 is 0 Å². The van der Waals surface area contributed by atoms with E-state index in [1.165, 1.54) is 6.92 Å². The Hall–Kier alpha value is -2.83. The fourth-order valence-corrected chi connectivity index (χ4v) is 3.44. The second-order valence-electron chi connectivity index (χ2n) is 7.82. The largest absolute Gasteiger partial charge is 0.489 e. The van der Waals surface area contributed by atoms with Crippen LogP contribution in [0.25, 0.3) is 0 Å². The van der Waals surface area contributed by atoms with Crippen LogP contribution in [-0.2, 0) is 4.79 Å². The van der Waals surface area contributed by atoms with E-state index in [-0.39, 0.29) is 18.1 Å². The van der Waals surface area contributed by atoms with E-state index in [9.17, 15) is 13.6 Å². The van der Waals surface area contributed by atoms with Gasteiger partial charge in [0.15, 0.2) is 6.61 Å². The first kappa shape index (κ1) is 21.9. The van der Waals surface area contributed by atoms with Crippen LogP contribution in [0.4, 0.5) is 14.5 Å². The van der Waals surface area contributed by atoms with Gasteiger partial charge in [0.25, 0.3) is 5.92 Å². The zero-order chi connectivity index (χ0) is 21.7. The fraction of sp³-hybridized carbons (Fsp3) is 0.435. The summed E-state index contributed by atoms with van der Waals surface area (Å²) in [7, 11) is 0. The molecule has 0 spiro atoms. The van der Waals surface area contributed by atoms with Crippen LogP contribution in [0.2, 0.25) is 0 Å². The number of carbonyl (C=O) groups is 1. The maximum Gasteiger partial charge on any atom is 0.278 e. The quantitative estimate of drug-likeness (QED) is 0.682. The smallest absolute Gasteiger partial charge is 0.278 e. The van der Waals surface area contributed by atoms with E-state index < -0.39 is 12.5 Å². The molecule has 1 amide bonds. The number of anilines is 1. The highest BCUT2D eigenvalue weighted by molar-refractivity contribution is 5.73. The van der Waals surface area contributed by atoms with E-state index in [2.05, 4.69) is 10.2 Å². The summed E-state index contributed by atoms with van der Waals surface area (Å²) in [5, 5.41) is 2.86. The average Bonchev–Trinajstić information content (AvgIpc) is 3.15. The molecule has 162 valence electrons. The number of rotatable bonds is 8. The molecule has 30 heavy (non-hydrogen) atoms. The van der Waals surface area contributed by atoms with Crippen LogP contribution in [0, 0.1) is 0 Å². The van der Waals surface area contributed by atoms with Crippen molar-refractivity contribution in [2.75, 3.05) is 24.6 Å². The van der Waals surface area contributed by atoms with Crippen LogP contribution in [-0.4, -0.2) is 37.6 Å². The first-order valence-electron chi connectivity index (χ1n) is 10.1. The summed E-state index contributed by atoms with van der Waals surface area (Å²) in [4.78, 5) is 13.4. The molecule has 0 aliphatic carbocycles. The molecule has 2 aromatic carbocycles. The van der Waals surface area contributed by atoms with Crippen LogP contribution < -0.4 is 19.7 Å². The van der Waals surface area contributed by atoms with Gasteiger partial charge in [-0.05, 0) is 48.9 Å². The first-order valence-corrected chi connectivity index (χ1v) is 10.1. The predicted molar refractivity (Wildman–Crippen MR) is 112 cm³/mol. The van der Waals surface area contributed by atoms with Crippen molar-refractivity contribution < 1.29 is 23.0 Å². The SMILES string of the molecule is CC(=O)N[C@@H](C)c1ccc(OC2CCN(c3ccc(OCC(C)(F)F)cc3)C2)cc1. The summed E-state index contributed by atoms with van der Waals surface area (Å²) < 4.78 is 37.0. The standard InChI is InChI=1S/C23H28F2N2O3/c1-16(26-17(2)28)18-4-8-21(9-5-18)30-22-12-13-27(14-22)19-6-10-20(11-7-19)29-15-23(3,24)25/h4-11,16,22H,12-15H2,1-3H3,(H,26,28)/t16-,22?/m0/s1. The fourth-order valence-electron chi connectivity index (χ4n) is 3.44. The second-order valence-corrected chi connectivity index (χ2v) is 7.82. The lowest BCUT2D eigenvalue weighted by molar-refractivity contribution is -0.119. The van der Waals surface area contributed by atoms with Crippen molar-refractivity contribution in [2.45, 2.75) is 45.3 Å². The minimum atomic E-state index is -2.85. The van der Waals surface area contributed by atoms with Gasteiger partial charge in [0.2, 0.25) is 5.91 Å². The van der Waals surface area contributed by atoms with Crippen LogP contribution in [0.15, 0.2) is 48.5 Å². The summed E-state index contributed by atoms with van der Waals surface area (Å²) in [6.45, 7) is 5.25. The monoisotopic (exact) mass is 418 g/mol. The molecule has 0 radical (unpaired) electrons. The van der Waals surface area contributed by atoms with E-state index in [4.69, 9.17) is 9.47 Å². The minimum Gasteiger partial charge on any atom is -0.489 e. The number of hydrogen-bond donors (Lipinski definition) is 1. The maximum atomic E-state index is 12.9. The van der Waals surface area contributed by atoms with Crippen molar-refractivity contribution >= 4 is 11.6 Å². The third kappa shape index (κ3) is 6.34. The van der Waals surface area contributed by atoms with Crippen molar-refractivity contribution in [3.05, 3.63) is 54.1 Å². The van der Waals surface area contributed by atoms with E-state index in [0.717, 1.165) is 43.4 Å². The number of halogens is 2. The third-order valence-corrected chi connectivity index (χ3v) is 4.94. The maximum absolute atomic E-state index is 12.9. The topological polar surface area (TPSA) is 50.8 Å². The molecule has 3 rings (SSSR count). The number of hydrogen-bond acceptors (Lipinski definition) is 4. The van der Waals surface area contributed by atoms with Crippen LogP contribution in [0.1, 0.15) is 38.8 Å². The van der Waals surface area contributed by atoms with Crippen molar-refractivity contribution in [3.63, 3.8) is 0 Å². The van der Waals surface area contributed by atoms with E-state index in [1.54, 1.807) is 12.1 Å². The summed E-state index contributed by atoms with van der Waals surface area (Å²) in [6.07, 6.45) is 0.961. The molecule has 1 aliphatic heterocycles. The van der Waals surface area contributed by atoms with Crippen molar-refractivity contribution in [1.29, 1.82) is 0 Å². The lowest BCUT2D eigenvalue weighted by Gasteiger charge is -2.20. The molecule has 1 N–H and O–H groups in total. The van der Waals surface area contributed by atoms with Crippen molar-refractivity contribution in [3.8, 4) is 11.5 Å². The molecular weight excluding hydrogens is 390 g/mol. The lowest BCUT2D eigenvalue weighted by Crippen LogP contribution is -2.25. The Morgan fingerprint density at radius 2 is 1.80 bits per heavy atom. The van der Waals surface area contributed by atoms with Crippen LogP contribution >= 0.6 is 0 Å². The number of amides is 1. The summed E-state index contributed by atoms with van der Waals surface area (Å²) >= 11 is 0. The van der Waals surface area contributed by atoms with E-state index in [0.29, 0.717) is 5.75 Å². The molecule has 1 heterocycles. The van der Waals surface area contributed by atoms with Gasteiger partial charge in [-0.15, -0.1) is 0 Å². The average molecular weight is 418 g/mol. The summed E-state index contributed by atoms with van der Waals surface area (Å²) in [5.41, 5.74) is 2.03.